The fourth-order valence-corrected chi connectivity index (χ4v) is 4.00. The van der Waals surface area contributed by atoms with Crippen LogP contribution < -0.4 is 10.9 Å². The van der Waals surface area contributed by atoms with E-state index >= 15 is 0 Å². The SMILES string of the molecule is Cc1cccc(C(=O)N(C)CCCC2CC(c3ccccc3)NN2)c1I. The van der Waals surface area contributed by atoms with E-state index in [1.54, 1.807) is 0 Å². The molecular weight excluding hydrogens is 437 g/mol. The normalized spacial score (nSPS) is 19.5. The van der Waals surface area contributed by atoms with Crippen molar-refractivity contribution in [1.29, 1.82) is 0 Å². The number of amides is 1. The molecule has 0 radical (unpaired) electrons. The Hall–Kier alpha value is -1.44. The van der Waals surface area contributed by atoms with Gasteiger partial charge in [0.25, 0.3) is 5.91 Å². The van der Waals surface area contributed by atoms with Gasteiger partial charge in [-0.3, -0.25) is 15.6 Å². The van der Waals surface area contributed by atoms with Crippen molar-refractivity contribution in [2.45, 2.75) is 38.3 Å². The van der Waals surface area contributed by atoms with Crippen LogP contribution in [0.25, 0.3) is 0 Å². The number of hydrazine groups is 1. The first-order valence-electron chi connectivity index (χ1n) is 9.13. The Morgan fingerprint density at radius 1 is 1.15 bits per heavy atom. The van der Waals surface area contributed by atoms with Crippen LogP contribution >= 0.6 is 22.6 Å². The second-order valence-corrected chi connectivity index (χ2v) is 8.07. The zero-order chi connectivity index (χ0) is 18.5. The predicted molar refractivity (Wildman–Crippen MR) is 114 cm³/mol. The van der Waals surface area contributed by atoms with Crippen LogP contribution in [0.1, 0.15) is 46.8 Å². The number of carbonyl (C=O) groups excluding carboxylic acids is 1. The first kappa shape index (κ1) is 19.3. The topological polar surface area (TPSA) is 44.4 Å². The van der Waals surface area contributed by atoms with Gasteiger partial charge in [0.05, 0.1) is 5.56 Å². The van der Waals surface area contributed by atoms with Crippen molar-refractivity contribution < 1.29 is 4.79 Å². The van der Waals surface area contributed by atoms with Crippen molar-refractivity contribution in [3.63, 3.8) is 0 Å². The number of aryl methyl sites for hydroxylation is 1. The molecule has 3 rings (SSSR count). The molecule has 0 aromatic heterocycles. The van der Waals surface area contributed by atoms with Crippen LogP contribution in [0, 0.1) is 10.5 Å². The maximum absolute atomic E-state index is 12.7. The molecule has 1 aliphatic heterocycles. The molecule has 1 saturated heterocycles. The van der Waals surface area contributed by atoms with Gasteiger partial charge >= 0.3 is 0 Å². The minimum atomic E-state index is 0.109. The summed E-state index contributed by atoms with van der Waals surface area (Å²) in [4.78, 5) is 14.5. The summed E-state index contributed by atoms with van der Waals surface area (Å²) >= 11 is 2.26. The Bertz CT molecular complexity index is 750. The fraction of sp³-hybridized carbons (Fsp3) is 0.381. The van der Waals surface area contributed by atoms with Crippen molar-refractivity contribution in [2.24, 2.45) is 0 Å². The molecule has 4 nitrogen and oxygen atoms in total. The van der Waals surface area contributed by atoms with Crippen LogP contribution in [0.3, 0.4) is 0 Å². The summed E-state index contributed by atoms with van der Waals surface area (Å²) in [7, 11) is 1.90. The molecule has 0 saturated carbocycles. The van der Waals surface area contributed by atoms with E-state index < -0.39 is 0 Å². The lowest BCUT2D eigenvalue weighted by Crippen LogP contribution is -2.32. The lowest BCUT2D eigenvalue weighted by molar-refractivity contribution is 0.0790. The minimum absolute atomic E-state index is 0.109. The van der Waals surface area contributed by atoms with Gasteiger partial charge < -0.3 is 4.90 Å². The quantitative estimate of drug-likeness (QED) is 0.636. The van der Waals surface area contributed by atoms with Gasteiger partial charge in [0, 0.05) is 29.2 Å². The molecule has 2 unspecified atom stereocenters. The van der Waals surface area contributed by atoms with Gasteiger partial charge in [0.1, 0.15) is 0 Å². The van der Waals surface area contributed by atoms with Gasteiger partial charge in [-0.25, -0.2) is 0 Å². The first-order chi connectivity index (χ1) is 12.6. The van der Waals surface area contributed by atoms with E-state index in [0.29, 0.717) is 12.1 Å². The summed E-state index contributed by atoms with van der Waals surface area (Å²) in [6, 6.07) is 17.3. The molecule has 0 bridgehead atoms. The van der Waals surface area contributed by atoms with Crippen LogP contribution in [0.2, 0.25) is 0 Å². The van der Waals surface area contributed by atoms with Gasteiger partial charge in [-0.1, -0.05) is 42.5 Å². The summed E-state index contributed by atoms with van der Waals surface area (Å²) in [5.41, 5.74) is 10.1. The highest BCUT2D eigenvalue weighted by atomic mass is 127. The maximum atomic E-state index is 12.7. The highest BCUT2D eigenvalue weighted by molar-refractivity contribution is 14.1. The maximum Gasteiger partial charge on any atom is 0.254 e. The molecule has 138 valence electrons. The largest absolute Gasteiger partial charge is 0.342 e. The lowest BCUT2D eigenvalue weighted by atomic mass is 10.00. The van der Waals surface area contributed by atoms with E-state index in [-0.39, 0.29) is 5.91 Å². The third-order valence-electron chi connectivity index (χ3n) is 5.00. The number of hydrogen-bond donors (Lipinski definition) is 2. The third-order valence-corrected chi connectivity index (χ3v) is 6.43. The van der Waals surface area contributed by atoms with Crippen molar-refractivity contribution in [1.82, 2.24) is 15.8 Å². The smallest absolute Gasteiger partial charge is 0.254 e. The van der Waals surface area contributed by atoms with Crippen LogP contribution in [-0.2, 0) is 0 Å². The third kappa shape index (κ3) is 4.64. The van der Waals surface area contributed by atoms with Crippen molar-refractivity contribution >= 4 is 28.5 Å². The van der Waals surface area contributed by atoms with E-state index in [1.165, 1.54) is 5.56 Å². The standard InChI is InChI=1S/C21H26IN3O/c1-15-8-6-12-18(20(15)22)21(26)25(2)13-7-11-17-14-19(24-23-17)16-9-4-3-5-10-16/h3-6,8-10,12,17,19,23-24H,7,11,13-14H2,1-2H3. The van der Waals surface area contributed by atoms with Gasteiger partial charge in [-0.05, 0) is 66.0 Å². The number of carbonyl (C=O) groups is 1. The fourth-order valence-electron chi connectivity index (χ4n) is 3.41. The molecule has 1 fully saturated rings. The van der Waals surface area contributed by atoms with Crippen molar-refractivity contribution in [3.05, 3.63) is 68.8 Å². The summed E-state index contributed by atoms with van der Waals surface area (Å²) < 4.78 is 1.05. The number of benzene rings is 2. The van der Waals surface area contributed by atoms with Crippen LogP contribution in [0.5, 0.6) is 0 Å². The number of hydrogen-bond acceptors (Lipinski definition) is 3. The Morgan fingerprint density at radius 3 is 2.69 bits per heavy atom. The molecule has 1 aliphatic rings. The summed E-state index contributed by atoms with van der Waals surface area (Å²) in [5, 5.41) is 0. The molecule has 2 aromatic rings. The Morgan fingerprint density at radius 2 is 1.92 bits per heavy atom. The average molecular weight is 463 g/mol. The van der Waals surface area contributed by atoms with Gasteiger partial charge in [0.15, 0.2) is 0 Å². The zero-order valence-electron chi connectivity index (χ0n) is 15.3. The van der Waals surface area contributed by atoms with Gasteiger partial charge in [-0.15, -0.1) is 0 Å². The molecule has 2 atom stereocenters. The number of nitrogens with one attached hydrogen (secondary N) is 2. The van der Waals surface area contributed by atoms with Crippen molar-refractivity contribution in [3.8, 4) is 0 Å². The van der Waals surface area contributed by atoms with E-state index in [1.807, 2.05) is 43.1 Å². The molecule has 26 heavy (non-hydrogen) atoms. The molecule has 0 spiro atoms. The van der Waals surface area contributed by atoms with Gasteiger partial charge in [-0.2, -0.15) is 0 Å². The first-order valence-corrected chi connectivity index (χ1v) is 10.2. The monoisotopic (exact) mass is 463 g/mol. The molecular formula is C21H26IN3O. The van der Waals surface area contributed by atoms with Crippen molar-refractivity contribution in [2.75, 3.05) is 13.6 Å². The van der Waals surface area contributed by atoms with E-state index in [4.69, 9.17) is 0 Å². The highest BCUT2D eigenvalue weighted by Crippen LogP contribution is 2.24. The summed E-state index contributed by atoms with van der Waals surface area (Å²) in [6.07, 6.45) is 3.13. The molecule has 1 heterocycles. The minimum Gasteiger partial charge on any atom is -0.342 e. The van der Waals surface area contributed by atoms with Crippen LogP contribution in [0.4, 0.5) is 0 Å². The van der Waals surface area contributed by atoms with Crippen LogP contribution in [0.15, 0.2) is 48.5 Å². The van der Waals surface area contributed by atoms with E-state index in [9.17, 15) is 4.79 Å². The molecule has 1 amide bonds. The number of halogens is 1. The summed E-state index contributed by atoms with van der Waals surface area (Å²) in [6.45, 7) is 2.82. The summed E-state index contributed by atoms with van der Waals surface area (Å²) in [5.74, 6) is 0.109. The Kier molecular flexibility index (Phi) is 6.67. The average Bonchev–Trinajstić information content (AvgIpc) is 3.13. The predicted octanol–water partition coefficient (Wildman–Crippen LogP) is 4.06. The van der Waals surface area contributed by atoms with E-state index in [2.05, 4.69) is 57.7 Å². The number of nitrogens with zero attached hydrogens (tertiary/aromatic N) is 1. The van der Waals surface area contributed by atoms with Gasteiger partial charge in [0.2, 0.25) is 0 Å². The molecule has 2 N–H and O–H groups in total. The second-order valence-electron chi connectivity index (χ2n) is 6.99. The highest BCUT2D eigenvalue weighted by Gasteiger charge is 2.24. The molecule has 2 aromatic carbocycles. The zero-order valence-corrected chi connectivity index (χ0v) is 17.5. The second kappa shape index (κ2) is 8.97. The van der Waals surface area contributed by atoms with Crippen LogP contribution in [-0.4, -0.2) is 30.4 Å². The molecule has 0 aliphatic carbocycles. The lowest BCUT2D eigenvalue weighted by Gasteiger charge is -2.19. The molecule has 5 heteroatoms. The number of rotatable bonds is 6. The Balaban J connectivity index is 1.46. The van der Waals surface area contributed by atoms with E-state index in [0.717, 1.165) is 40.5 Å². The Labute approximate surface area is 169 Å².